The number of rotatable bonds is 2. The lowest BCUT2D eigenvalue weighted by Crippen LogP contribution is -2.02. The lowest BCUT2D eigenvalue weighted by molar-refractivity contribution is 0.221. The van der Waals surface area contributed by atoms with E-state index < -0.39 is 17.7 Å². The van der Waals surface area contributed by atoms with Crippen LogP contribution in [-0.4, -0.2) is 10.1 Å². The molecule has 4 heteroatoms. The molecule has 2 nitrogen and oxygen atoms in total. The van der Waals surface area contributed by atoms with Gasteiger partial charge in [-0.3, -0.25) is 4.98 Å². The summed E-state index contributed by atoms with van der Waals surface area (Å²) >= 11 is 0. The number of hydrogen-bond acceptors (Lipinski definition) is 2. The number of fused-ring (bicyclic) bond motifs is 1. The number of pyridine rings is 1. The van der Waals surface area contributed by atoms with Gasteiger partial charge in [0.15, 0.2) is 11.6 Å². The molecule has 3 rings (SSSR count). The highest BCUT2D eigenvalue weighted by Crippen LogP contribution is 2.28. The fourth-order valence-electron chi connectivity index (χ4n) is 2.21. The van der Waals surface area contributed by atoms with E-state index in [1.165, 1.54) is 6.07 Å². The first kappa shape index (κ1) is 12.7. The Morgan fingerprint density at radius 3 is 2.55 bits per heavy atom. The summed E-state index contributed by atoms with van der Waals surface area (Å²) in [5.74, 6) is -1.91. The first-order valence-electron chi connectivity index (χ1n) is 6.13. The second-order valence-corrected chi connectivity index (χ2v) is 4.50. The van der Waals surface area contributed by atoms with E-state index in [1.54, 1.807) is 24.4 Å². The molecule has 0 aliphatic heterocycles. The molecule has 0 bridgehead atoms. The van der Waals surface area contributed by atoms with Crippen molar-refractivity contribution in [3.05, 3.63) is 77.5 Å². The molecule has 1 aromatic heterocycles. The van der Waals surface area contributed by atoms with Crippen LogP contribution in [0.2, 0.25) is 0 Å². The largest absolute Gasteiger partial charge is 0.384 e. The van der Waals surface area contributed by atoms with E-state index in [0.29, 0.717) is 16.6 Å². The Bertz CT molecular complexity index is 768. The van der Waals surface area contributed by atoms with Gasteiger partial charge in [-0.05, 0) is 23.8 Å². The van der Waals surface area contributed by atoms with E-state index in [4.69, 9.17) is 0 Å². The average molecular weight is 271 g/mol. The number of nitrogens with zero attached hydrogens (tertiary/aromatic N) is 1. The van der Waals surface area contributed by atoms with Gasteiger partial charge < -0.3 is 5.11 Å². The van der Waals surface area contributed by atoms with Gasteiger partial charge in [-0.15, -0.1) is 0 Å². The Kier molecular flexibility index (Phi) is 3.16. The molecule has 0 aliphatic carbocycles. The fraction of sp³-hybridized carbons (Fsp3) is 0.0625. The summed E-state index contributed by atoms with van der Waals surface area (Å²) in [6, 6.07) is 12.5. The minimum Gasteiger partial charge on any atom is -0.384 e. The smallest absolute Gasteiger partial charge is 0.159 e. The molecule has 0 fully saturated rings. The highest BCUT2D eigenvalue weighted by atomic mass is 19.2. The molecule has 0 aliphatic rings. The third-order valence-corrected chi connectivity index (χ3v) is 3.22. The lowest BCUT2D eigenvalue weighted by atomic mass is 9.99. The molecule has 0 spiro atoms. The van der Waals surface area contributed by atoms with Crippen LogP contribution in [-0.2, 0) is 0 Å². The Morgan fingerprint density at radius 2 is 1.75 bits per heavy atom. The highest BCUT2D eigenvalue weighted by molar-refractivity contribution is 5.82. The van der Waals surface area contributed by atoms with Crippen molar-refractivity contribution in [1.82, 2.24) is 4.98 Å². The fourth-order valence-corrected chi connectivity index (χ4v) is 2.21. The summed E-state index contributed by atoms with van der Waals surface area (Å²) < 4.78 is 26.2. The number of hydrogen-bond donors (Lipinski definition) is 1. The van der Waals surface area contributed by atoms with Gasteiger partial charge >= 0.3 is 0 Å². The molecule has 1 heterocycles. The Balaban J connectivity index is 2.12. The van der Waals surface area contributed by atoms with Gasteiger partial charge in [-0.2, -0.15) is 0 Å². The third kappa shape index (κ3) is 2.14. The second-order valence-electron chi connectivity index (χ2n) is 4.50. The van der Waals surface area contributed by atoms with Crippen LogP contribution >= 0.6 is 0 Å². The number of aromatic nitrogens is 1. The molecule has 1 atom stereocenters. The highest BCUT2D eigenvalue weighted by Gasteiger charge is 2.16. The first-order chi connectivity index (χ1) is 9.66. The maximum atomic E-state index is 13.3. The van der Waals surface area contributed by atoms with Crippen LogP contribution in [0.15, 0.2) is 54.7 Å². The summed E-state index contributed by atoms with van der Waals surface area (Å²) in [6.07, 6.45) is 0.577. The monoisotopic (exact) mass is 271 g/mol. The molecule has 3 aromatic rings. The zero-order chi connectivity index (χ0) is 14.1. The Hall–Kier alpha value is -2.33. The predicted molar refractivity (Wildman–Crippen MR) is 72.2 cm³/mol. The number of aliphatic hydroxyl groups excluding tert-OH is 1. The summed E-state index contributed by atoms with van der Waals surface area (Å²) in [5.41, 5.74) is 1.50. The van der Waals surface area contributed by atoms with Crippen molar-refractivity contribution in [2.45, 2.75) is 6.10 Å². The van der Waals surface area contributed by atoms with E-state index in [9.17, 15) is 13.9 Å². The van der Waals surface area contributed by atoms with Crippen LogP contribution in [0, 0.1) is 11.6 Å². The molecule has 100 valence electrons. The van der Waals surface area contributed by atoms with Crippen molar-refractivity contribution in [3.63, 3.8) is 0 Å². The standard InChI is InChI=1S/C16H11F2NO/c17-13-7-6-11(9-14(13)18)16(20)12-5-1-3-10-4-2-8-19-15(10)12/h1-9,16,20H. The summed E-state index contributed by atoms with van der Waals surface area (Å²) in [4.78, 5) is 4.24. The van der Waals surface area contributed by atoms with Crippen LogP contribution in [0.5, 0.6) is 0 Å². The maximum absolute atomic E-state index is 13.3. The lowest BCUT2D eigenvalue weighted by Gasteiger charge is -2.13. The number of benzene rings is 2. The zero-order valence-electron chi connectivity index (χ0n) is 10.4. The summed E-state index contributed by atoms with van der Waals surface area (Å²) in [7, 11) is 0. The van der Waals surface area contributed by atoms with Gasteiger partial charge in [0.2, 0.25) is 0 Å². The minimum absolute atomic E-state index is 0.294. The van der Waals surface area contributed by atoms with Crippen molar-refractivity contribution in [1.29, 1.82) is 0 Å². The van der Waals surface area contributed by atoms with Crippen LogP contribution in [0.3, 0.4) is 0 Å². The molecule has 0 amide bonds. The van der Waals surface area contributed by atoms with Gasteiger partial charge in [0, 0.05) is 17.1 Å². The SMILES string of the molecule is OC(c1ccc(F)c(F)c1)c1cccc2cccnc12. The topological polar surface area (TPSA) is 33.1 Å². The van der Waals surface area contributed by atoms with Gasteiger partial charge in [0.05, 0.1) is 5.52 Å². The number of aliphatic hydroxyl groups is 1. The van der Waals surface area contributed by atoms with Gasteiger partial charge in [-0.25, -0.2) is 8.78 Å². The quantitative estimate of drug-likeness (QED) is 0.772. The normalized spacial score (nSPS) is 12.6. The van der Waals surface area contributed by atoms with Crippen LogP contribution < -0.4 is 0 Å². The van der Waals surface area contributed by atoms with E-state index in [2.05, 4.69) is 4.98 Å². The molecular weight excluding hydrogens is 260 g/mol. The van der Waals surface area contributed by atoms with Gasteiger partial charge in [0.1, 0.15) is 6.10 Å². The molecule has 1 unspecified atom stereocenters. The summed E-state index contributed by atoms with van der Waals surface area (Å²) in [6.45, 7) is 0. The summed E-state index contributed by atoms with van der Waals surface area (Å²) in [5, 5.41) is 11.3. The first-order valence-corrected chi connectivity index (χ1v) is 6.13. The minimum atomic E-state index is -1.05. The molecule has 0 saturated heterocycles. The molecular formula is C16H11F2NO. The zero-order valence-corrected chi connectivity index (χ0v) is 10.4. The van der Waals surface area contributed by atoms with E-state index in [-0.39, 0.29) is 0 Å². The van der Waals surface area contributed by atoms with Crippen molar-refractivity contribution in [2.24, 2.45) is 0 Å². The predicted octanol–water partition coefficient (Wildman–Crippen LogP) is 3.59. The van der Waals surface area contributed by atoms with Crippen molar-refractivity contribution >= 4 is 10.9 Å². The Labute approximate surface area is 114 Å². The Morgan fingerprint density at radius 1 is 0.950 bits per heavy atom. The van der Waals surface area contributed by atoms with E-state index in [1.807, 2.05) is 12.1 Å². The number of halogens is 2. The molecule has 1 N–H and O–H groups in total. The van der Waals surface area contributed by atoms with Crippen LogP contribution in [0.25, 0.3) is 10.9 Å². The second kappa shape index (κ2) is 4.98. The molecule has 2 aromatic carbocycles. The van der Waals surface area contributed by atoms with Gasteiger partial charge in [-0.1, -0.05) is 30.3 Å². The van der Waals surface area contributed by atoms with Crippen molar-refractivity contribution < 1.29 is 13.9 Å². The van der Waals surface area contributed by atoms with Gasteiger partial charge in [0.25, 0.3) is 0 Å². The van der Waals surface area contributed by atoms with Crippen molar-refractivity contribution in [3.8, 4) is 0 Å². The maximum Gasteiger partial charge on any atom is 0.159 e. The van der Waals surface area contributed by atoms with Crippen LogP contribution in [0.1, 0.15) is 17.2 Å². The van der Waals surface area contributed by atoms with Crippen molar-refractivity contribution in [2.75, 3.05) is 0 Å². The number of para-hydroxylation sites is 1. The molecule has 20 heavy (non-hydrogen) atoms. The average Bonchev–Trinajstić information content (AvgIpc) is 2.49. The van der Waals surface area contributed by atoms with E-state index >= 15 is 0 Å². The van der Waals surface area contributed by atoms with Crippen LogP contribution in [0.4, 0.5) is 8.78 Å². The molecule has 0 radical (unpaired) electrons. The third-order valence-electron chi connectivity index (χ3n) is 3.22. The molecule has 0 saturated carbocycles. The van der Waals surface area contributed by atoms with E-state index in [0.717, 1.165) is 17.5 Å².